The van der Waals surface area contributed by atoms with Gasteiger partial charge in [-0.25, -0.2) is 0 Å². The van der Waals surface area contributed by atoms with E-state index >= 15 is 0 Å². The lowest BCUT2D eigenvalue weighted by atomic mass is 10.3. The number of anilines is 1. The highest BCUT2D eigenvalue weighted by Crippen LogP contribution is 2.31. The largest absolute Gasteiger partial charge is 0.488 e. The second kappa shape index (κ2) is 3.50. The molecule has 0 spiro atoms. The number of nitrogens with one attached hydrogen (secondary N) is 1. The number of rotatable bonds is 0. The van der Waals surface area contributed by atoms with E-state index in [4.69, 9.17) is 16.3 Å². The number of halogens is 1. The van der Waals surface area contributed by atoms with Crippen LogP contribution in [0.1, 0.15) is 13.3 Å². The van der Waals surface area contributed by atoms with Crippen LogP contribution in [0.15, 0.2) is 18.2 Å². The first-order valence-electron chi connectivity index (χ1n) is 4.41. The first-order valence-corrected chi connectivity index (χ1v) is 4.79. The summed E-state index contributed by atoms with van der Waals surface area (Å²) in [6.07, 6.45) is 0.251. The Morgan fingerprint density at radius 3 is 3.14 bits per heavy atom. The smallest absolute Gasteiger partial charge is 0.228 e. The maximum atomic E-state index is 11.3. The molecule has 0 saturated heterocycles. The molecule has 1 atom stereocenters. The quantitative estimate of drug-likeness (QED) is 0.716. The van der Waals surface area contributed by atoms with E-state index < -0.39 is 0 Å². The molecule has 1 aliphatic rings. The molecule has 1 amide bonds. The van der Waals surface area contributed by atoms with Gasteiger partial charge in [0.25, 0.3) is 0 Å². The van der Waals surface area contributed by atoms with Crippen molar-refractivity contribution in [3.8, 4) is 5.75 Å². The molecule has 0 saturated carbocycles. The van der Waals surface area contributed by atoms with Crippen LogP contribution in [0, 0.1) is 0 Å². The summed E-state index contributed by atoms with van der Waals surface area (Å²) in [5.41, 5.74) is 0.684. The Hall–Kier alpha value is -1.22. The molecule has 3 nitrogen and oxygen atoms in total. The summed E-state index contributed by atoms with van der Waals surface area (Å²) in [5.74, 6) is 0.606. The van der Waals surface area contributed by atoms with Gasteiger partial charge in [-0.3, -0.25) is 4.79 Å². The van der Waals surface area contributed by atoms with E-state index in [2.05, 4.69) is 5.32 Å². The Labute approximate surface area is 87.0 Å². The van der Waals surface area contributed by atoms with E-state index in [-0.39, 0.29) is 12.0 Å². The fraction of sp³-hybridized carbons (Fsp3) is 0.300. The van der Waals surface area contributed by atoms with Crippen LogP contribution >= 0.6 is 11.6 Å². The van der Waals surface area contributed by atoms with Crippen molar-refractivity contribution in [3.05, 3.63) is 23.2 Å². The Balaban J connectivity index is 2.41. The lowest BCUT2D eigenvalue weighted by molar-refractivity contribution is -0.117. The second-order valence-corrected chi connectivity index (χ2v) is 3.76. The van der Waals surface area contributed by atoms with Gasteiger partial charge in [-0.15, -0.1) is 0 Å². The molecule has 1 unspecified atom stereocenters. The molecule has 2 rings (SSSR count). The van der Waals surface area contributed by atoms with Crippen LogP contribution in [0.2, 0.25) is 5.02 Å². The van der Waals surface area contributed by atoms with Crippen molar-refractivity contribution in [1.29, 1.82) is 0 Å². The van der Waals surface area contributed by atoms with Crippen molar-refractivity contribution >= 4 is 23.2 Å². The van der Waals surface area contributed by atoms with Gasteiger partial charge in [0.05, 0.1) is 12.1 Å². The molecular formula is C10H10ClNO2. The Morgan fingerprint density at radius 1 is 1.57 bits per heavy atom. The van der Waals surface area contributed by atoms with Gasteiger partial charge in [0.2, 0.25) is 5.91 Å². The molecule has 1 N–H and O–H groups in total. The maximum Gasteiger partial charge on any atom is 0.228 e. The number of amides is 1. The normalized spacial score (nSPS) is 20.4. The number of hydrogen-bond donors (Lipinski definition) is 1. The first-order chi connectivity index (χ1) is 6.65. The SMILES string of the molecule is CC1CC(=O)Nc2ccc(Cl)cc2O1. The summed E-state index contributed by atoms with van der Waals surface area (Å²) < 4.78 is 5.54. The molecule has 1 aromatic rings. The third kappa shape index (κ3) is 1.82. The van der Waals surface area contributed by atoms with Crippen LogP contribution in [-0.2, 0) is 4.79 Å². The molecule has 1 aromatic carbocycles. The van der Waals surface area contributed by atoms with E-state index in [0.29, 0.717) is 22.9 Å². The van der Waals surface area contributed by atoms with Crippen molar-refractivity contribution in [2.45, 2.75) is 19.4 Å². The molecule has 74 valence electrons. The Bertz CT molecular complexity index is 378. The van der Waals surface area contributed by atoms with Crippen molar-refractivity contribution < 1.29 is 9.53 Å². The van der Waals surface area contributed by atoms with Crippen molar-refractivity contribution in [2.24, 2.45) is 0 Å². The highest BCUT2D eigenvalue weighted by molar-refractivity contribution is 6.30. The molecule has 4 heteroatoms. The highest BCUT2D eigenvalue weighted by Gasteiger charge is 2.18. The predicted molar refractivity (Wildman–Crippen MR) is 54.8 cm³/mol. The van der Waals surface area contributed by atoms with Crippen LogP contribution in [0.4, 0.5) is 5.69 Å². The van der Waals surface area contributed by atoms with Crippen LogP contribution < -0.4 is 10.1 Å². The van der Waals surface area contributed by atoms with E-state index in [0.717, 1.165) is 0 Å². The van der Waals surface area contributed by atoms with Crippen LogP contribution in [0.5, 0.6) is 5.75 Å². The Kier molecular flexibility index (Phi) is 2.33. The first kappa shape index (κ1) is 9.34. The molecule has 0 aromatic heterocycles. The average molecular weight is 212 g/mol. The van der Waals surface area contributed by atoms with Crippen molar-refractivity contribution in [3.63, 3.8) is 0 Å². The van der Waals surface area contributed by atoms with E-state index in [1.54, 1.807) is 18.2 Å². The van der Waals surface area contributed by atoms with Crippen molar-refractivity contribution in [1.82, 2.24) is 0 Å². The lowest BCUT2D eigenvalue weighted by Gasteiger charge is -2.10. The summed E-state index contributed by atoms with van der Waals surface area (Å²) in [7, 11) is 0. The van der Waals surface area contributed by atoms with E-state index in [9.17, 15) is 4.79 Å². The van der Waals surface area contributed by atoms with E-state index in [1.807, 2.05) is 6.92 Å². The summed E-state index contributed by atoms with van der Waals surface area (Å²) in [6.45, 7) is 1.86. The highest BCUT2D eigenvalue weighted by atomic mass is 35.5. The van der Waals surface area contributed by atoms with Gasteiger partial charge < -0.3 is 10.1 Å². The third-order valence-corrected chi connectivity index (χ3v) is 2.25. The topological polar surface area (TPSA) is 38.3 Å². The minimum atomic E-state index is -0.116. The molecular weight excluding hydrogens is 202 g/mol. The number of fused-ring (bicyclic) bond motifs is 1. The number of carbonyl (C=O) groups excluding carboxylic acids is 1. The van der Waals surface area contributed by atoms with Gasteiger partial charge >= 0.3 is 0 Å². The zero-order valence-corrected chi connectivity index (χ0v) is 8.47. The van der Waals surface area contributed by atoms with Crippen LogP contribution in [0.25, 0.3) is 0 Å². The summed E-state index contributed by atoms with van der Waals surface area (Å²) in [5, 5.41) is 3.36. The van der Waals surface area contributed by atoms with Gasteiger partial charge in [-0.1, -0.05) is 11.6 Å². The zero-order valence-electron chi connectivity index (χ0n) is 7.71. The molecule has 1 heterocycles. The summed E-state index contributed by atoms with van der Waals surface area (Å²) >= 11 is 5.82. The van der Waals surface area contributed by atoms with Gasteiger partial charge in [0.1, 0.15) is 11.9 Å². The standard InChI is InChI=1S/C10H10ClNO2/c1-6-4-10(13)12-8-3-2-7(11)5-9(8)14-6/h2-3,5-6H,4H2,1H3,(H,12,13). The Morgan fingerprint density at radius 2 is 2.36 bits per heavy atom. The molecule has 0 bridgehead atoms. The van der Waals surface area contributed by atoms with Gasteiger partial charge in [0, 0.05) is 11.1 Å². The van der Waals surface area contributed by atoms with Gasteiger partial charge in [-0.2, -0.15) is 0 Å². The molecule has 0 aliphatic carbocycles. The average Bonchev–Trinajstić information content (AvgIpc) is 2.21. The summed E-state index contributed by atoms with van der Waals surface area (Å²) in [4.78, 5) is 11.3. The third-order valence-electron chi connectivity index (χ3n) is 2.02. The van der Waals surface area contributed by atoms with Gasteiger partial charge in [-0.05, 0) is 19.1 Å². The lowest BCUT2D eigenvalue weighted by Crippen LogP contribution is -2.17. The fourth-order valence-electron chi connectivity index (χ4n) is 1.42. The number of benzene rings is 1. The number of carbonyl (C=O) groups is 1. The molecule has 0 radical (unpaired) electrons. The van der Waals surface area contributed by atoms with Crippen molar-refractivity contribution in [2.75, 3.05) is 5.32 Å². The van der Waals surface area contributed by atoms with E-state index in [1.165, 1.54) is 0 Å². The number of hydrogen-bond acceptors (Lipinski definition) is 2. The molecule has 0 fully saturated rings. The summed E-state index contributed by atoms with van der Waals surface area (Å²) in [6, 6.07) is 5.17. The maximum absolute atomic E-state index is 11.3. The molecule has 14 heavy (non-hydrogen) atoms. The monoisotopic (exact) mass is 211 g/mol. The molecule has 1 aliphatic heterocycles. The van der Waals surface area contributed by atoms with Crippen LogP contribution in [-0.4, -0.2) is 12.0 Å². The fourth-order valence-corrected chi connectivity index (χ4v) is 1.58. The van der Waals surface area contributed by atoms with Gasteiger partial charge in [0.15, 0.2) is 0 Å². The zero-order chi connectivity index (χ0) is 10.1. The number of ether oxygens (including phenoxy) is 1. The second-order valence-electron chi connectivity index (χ2n) is 3.32. The van der Waals surface area contributed by atoms with Crippen LogP contribution in [0.3, 0.4) is 0 Å². The minimum Gasteiger partial charge on any atom is -0.488 e. The minimum absolute atomic E-state index is 0.0291. The predicted octanol–water partition coefficient (Wildman–Crippen LogP) is 2.45.